The van der Waals surface area contributed by atoms with Crippen molar-refractivity contribution < 1.29 is 14.6 Å². The molecule has 1 saturated carbocycles. The largest absolute Gasteiger partial charge is 0.468 e. The molecule has 0 heterocycles. The summed E-state index contributed by atoms with van der Waals surface area (Å²) < 4.78 is 4.70. The minimum absolute atomic E-state index is 0.0443. The van der Waals surface area contributed by atoms with Crippen molar-refractivity contribution in [2.24, 2.45) is 0 Å². The molecule has 4 nitrogen and oxygen atoms in total. The smallest absolute Gasteiger partial charge is 0.322 e. The molecule has 0 radical (unpaired) electrons. The zero-order chi connectivity index (χ0) is 11.3. The Labute approximate surface area is 91.0 Å². The molecule has 3 unspecified atom stereocenters. The van der Waals surface area contributed by atoms with E-state index in [4.69, 9.17) is 4.74 Å². The Morgan fingerprint density at radius 1 is 1.53 bits per heavy atom. The number of carbonyl (C=O) groups is 1. The van der Waals surface area contributed by atoms with Crippen molar-refractivity contribution in [3.63, 3.8) is 0 Å². The molecular formula is C11H21NO3. The highest BCUT2D eigenvalue weighted by Gasteiger charge is 2.27. The van der Waals surface area contributed by atoms with Gasteiger partial charge in [0.05, 0.1) is 13.2 Å². The Morgan fingerprint density at radius 2 is 2.20 bits per heavy atom. The summed E-state index contributed by atoms with van der Waals surface area (Å²) in [6.45, 7) is 1.93. The summed E-state index contributed by atoms with van der Waals surface area (Å²) in [6.07, 6.45) is 4.33. The van der Waals surface area contributed by atoms with Crippen LogP contribution in [0.1, 0.15) is 39.0 Å². The maximum Gasteiger partial charge on any atom is 0.322 e. The van der Waals surface area contributed by atoms with Gasteiger partial charge in [-0.3, -0.25) is 10.1 Å². The number of aliphatic hydroxyl groups is 1. The first kappa shape index (κ1) is 12.5. The first-order valence-corrected chi connectivity index (χ1v) is 5.71. The zero-order valence-corrected chi connectivity index (χ0v) is 9.53. The number of ether oxygens (including phenoxy) is 1. The molecule has 0 saturated heterocycles. The van der Waals surface area contributed by atoms with Gasteiger partial charge in [0.1, 0.15) is 6.04 Å². The average molecular weight is 215 g/mol. The minimum Gasteiger partial charge on any atom is -0.468 e. The van der Waals surface area contributed by atoms with E-state index in [1.165, 1.54) is 7.11 Å². The molecule has 3 atom stereocenters. The number of hydrogen-bond donors (Lipinski definition) is 2. The van der Waals surface area contributed by atoms with Gasteiger partial charge in [-0.15, -0.1) is 0 Å². The van der Waals surface area contributed by atoms with Crippen LogP contribution in [-0.4, -0.2) is 36.4 Å². The van der Waals surface area contributed by atoms with Crippen LogP contribution in [0.5, 0.6) is 0 Å². The SMILES string of the molecule is CCC(NC1CCCCC1O)C(=O)OC. The van der Waals surface area contributed by atoms with Crippen LogP contribution in [0, 0.1) is 0 Å². The van der Waals surface area contributed by atoms with Gasteiger partial charge in [0.15, 0.2) is 0 Å². The van der Waals surface area contributed by atoms with Gasteiger partial charge in [0, 0.05) is 6.04 Å². The molecule has 1 rings (SSSR count). The Bertz CT molecular complexity index is 208. The highest BCUT2D eigenvalue weighted by Crippen LogP contribution is 2.19. The van der Waals surface area contributed by atoms with Crippen LogP contribution in [-0.2, 0) is 9.53 Å². The molecule has 4 heteroatoms. The maximum absolute atomic E-state index is 11.4. The summed E-state index contributed by atoms with van der Waals surface area (Å²) >= 11 is 0. The van der Waals surface area contributed by atoms with Crippen LogP contribution in [0.15, 0.2) is 0 Å². The summed E-state index contributed by atoms with van der Waals surface area (Å²) in [6, 6.07) is -0.240. The lowest BCUT2D eigenvalue weighted by molar-refractivity contribution is -0.143. The lowest BCUT2D eigenvalue weighted by Gasteiger charge is -2.31. The van der Waals surface area contributed by atoms with E-state index in [0.717, 1.165) is 25.7 Å². The van der Waals surface area contributed by atoms with Crippen LogP contribution < -0.4 is 5.32 Å². The van der Waals surface area contributed by atoms with Gasteiger partial charge in [0.2, 0.25) is 0 Å². The third kappa shape index (κ3) is 3.47. The van der Waals surface area contributed by atoms with Gasteiger partial charge >= 0.3 is 5.97 Å². The molecule has 88 valence electrons. The lowest BCUT2D eigenvalue weighted by atomic mass is 9.92. The van der Waals surface area contributed by atoms with Gasteiger partial charge < -0.3 is 9.84 Å². The molecule has 1 fully saturated rings. The number of carbonyl (C=O) groups excluding carboxylic acids is 1. The highest BCUT2D eigenvalue weighted by molar-refractivity contribution is 5.75. The van der Waals surface area contributed by atoms with E-state index in [2.05, 4.69) is 5.32 Å². The normalized spacial score (nSPS) is 28.5. The first-order chi connectivity index (χ1) is 7.19. The van der Waals surface area contributed by atoms with E-state index in [1.807, 2.05) is 6.92 Å². The van der Waals surface area contributed by atoms with Crippen molar-refractivity contribution in [2.75, 3.05) is 7.11 Å². The van der Waals surface area contributed by atoms with Crippen LogP contribution >= 0.6 is 0 Å². The number of esters is 1. The van der Waals surface area contributed by atoms with Crippen LogP contribution in [0.3, 0.4) is 0 Å². The number of hydrogen-bond acceptors (Lipinski definition) is 4. The van der Waals surface area contributed by atoms with Gasteiger partial charge in [-0.05, 0) is 19.3 Å². The van der Waals surface area contributed by atoms with E-state index in [0.29, 0.717) is 6.42 Å². The standard InChI is InChI=1S/C11H21NO3/c1-3-8(11(14)15-2)12-9-6-4-5-7-10(9)13/h8-10,12-13H,3-7H2,1-2H3. The molecule has 0 aromatic heterocycles. The Balaban J connectivity index is 2.46. The average Bonchev–Trinajstić information content (AvgIpc) is 2.27. The fourth-order valence-corrected chi connectivity index (χ4v) is 2.06. The summed E-state index contributed by atoms with van der Waals surface area (Å²) in [7, 11) is 1.39. The van der Waals surface area contributed by atoms with Crippen molar-refractivity contribution in [1.29, 1.82) is 0 Å². The van der Waals surface area contributed by atoms with Crippen LogP contribution in [0.4, 0.5) is 0 Å². The number of nitrogens with one attached hydrogen (secondary N) is 1. The number of rotatable bonds is 4. The van der Waals surface area contributed by atoms with E-state index in [1.54, 1.807) is 0 Å². The van der Waals surface area contributed by atoms with E-state index >= 15 is 0 Å². The summed E-state index contributed by atoms with van der Waals surface area (Å²) in [5.41, 5.74) is 0. The van der Waals surface area contributed by atoms with Crippen molar-refractivity contribution in [2.45, 2.75) is 57.2 Å². The van der Waals surface area contributed by atoms with Gasteiger partial charge in [-0.1, -0.05) is 19.8 Å². The molecule has 0 aromatic carbocycles. The summed E-state index contributed by atoms with van der Waals surface area (Å²) in [5.74, 6) is -0.240. The number of aliphatic hydroxyl groups excluding tert-OH is 1. The van der Waals surface area contributed by atoms with Crippen molar-refractivity contribution in [3.8, 4) is 0 Å². The van der Waals surface area contributed by atoms with Crippen molar-refractivity contribution in [1.82, 2.24) is 5.32 Å². The lowest BCUT2D eigenvalue weighted by Crippen LogP contribution is -2.50. The summed E-state index contributed by atoms with van der Waals surface area (Å²) in [4.78, 5) is 11.4. The zero-order valence-electron chi connectivity index (χ0n) is 9.53. The minimum atomic E-state index is -0.322. The second-order valence-electron chi connectivity index (χ2n) is 4.11. The maximum atomic E-state index is 11.4. The Kier molecular flexibility index (Phi) is 5.05. The highest BCUT2D eigenvalue weighted by atomic mass is 16.5. The second-order valence-corrected chi connectivity index (χ2v) is 4.11. The van der Waals surface area contributed by atoms with Gasteiger partial charge in [0.25, 0.3) is 0 Å². The molecule has 0 spiro atoms. The Morgan fingerprint density at radius 3 is 2.73 bits per heavy atom. The summed E-state index contributed by atoms with van der Waals surface area (Å²) in [5, 5.41) is 12.9. The van der Waals surface area contributed by atoms with Crippen LogP contribution in [0.25, 0.3) is 0 Å². The quantitative estimate of drug-likeness (QED) is 0.682. The molecule has 0 bridgehead atoms. The molecule has 1 aliphatic rings. The molecule has 0 aromatic rings. The topological polar surface area (TPSA) is 58.6 Å². The fourth-order valence-electron chi connectivity index (χ4n) is 2.06. The van der Waals surface area contributed by atoms with E-state index in [-0.39, 0.29) is 24.2 Å². The van der Waals surface area contributed by atoms with Gasteiger partial charge in [-0.25, -0.2) is 0 Å². The van der Waals surface area contributed by atoms with E-state index < -0.39 is 0 Å². The molecule has 0 amide bonds. The monoisotopic (exact) mass is 215 g/mol. The number of methoxy groups -OCH3 is 1. The van der Waals surface area contributed by atoms with E-state index in [9.17, 15) is 9.90 Å². The molecule has 1 aliphatic carbocycles. The fraction of sp³-hybridized carbons (Fsp3) is 0.909. The molecule has 15 heavy (non-hydrogen) atoms. The third-order valence-electron chi connectivity index (χ3n) is 3.04. The van der Waals surface area contributed by atoms with Crippen molar-refractivity contribution >= 4 is 5.97 Å². The van der Waals surface area contributed by atoms with Crippen molar-refractivity contribution in [3.05, 3.63) is 0 Å². The molecular weight excluding hydrogens is 194 g/mol. The second kappa shape index (κ2) is 6.08. The Hall–Kier alpha value is -0.610. The predicted molar refractivity (Wildman–Crippen MR) is 57.5 cm³/mol. The molecule has 0 aliphatic heterocycles. The van der Waals surface area contributed by atoms with Gasteiger partial charge in [-0.2, -0.15) is 0 Å². The molecule has 2 N–H and O–H groups in total. The van der Waals surface area contributed by atoms with Crippen LogP contribution in [0.2, 0.25) is 0 Å². The predicted octanol–water partition coefficient (Wildman–Crippen LogP) is 0.831. The third-order valence-corrected chi connectivity index (χ3v) is 3.04. The first-order valence-electron chi connectivity index (χ1n) is 5.71.